The van der Waals surface area contributed by atoms with E-state index in [2.05, 4.69) is 63.8 Å². The van der Waals surface area contributed by atoms with Crippen LogP contribution in [0.15, 0.2) is 64.8 Å². The largest absolute Gasteiger partial charge is 0.488 e. The fourth-order valence-electron chi connectivity index (χ4n) is 4.78. The zero-order chi connectivity index (χ0) is 23.3. The molecule has 5 rings (SSSR count). The average Bonchev–Trinajstić information content (AvgIpc) is 3.27. The molecule has 2 aromatic carbocycles. The van der Waals surface area contributed by atoms with Crippen molar-refractivity contribution >= 4 is 18.0 Å². The second kappa shape index (κ2) is 10.4. The van der Waals surface area contributed by atoms with Gasteiger partial charge >= 0.3 is 0 Å². The summed E-state index contributed by atoms with van der Waals surface area (Å²) in [5, 5.41) is 3.83. The fourth-order valence-corrected chi connectivity index (χ4v) is 4.78. The average molecular weight is 461 g/mol. The molecule has 0 saturated carbocycles. The molecule has 7 nitrogen and oxygen atoms in total. The SMILES string of the molecule is CON=Cc1ccc2c(c1)OCC1=C2NOC1CN1CCN(CC(C)=Cc2ccccc2)CC1. The molecule has 0 radical (unpaired) electrons. The third-order valence-electron chi connectivity index (χ3n) is 6.55. The molecule has 2 aromatic rings. The quantitative estimate of drug-likeness (QED) is 0.505. The minimum absolute atomic E-state index is 0.00384. The Kier molecular flexibility index (Phi) is 6.94. The zero-order valence-electron chi connectivity index (χ0n) is 19.9. The van der Waals surface area contributed by atoms with Crippen molar-refractivity contribution in [3.05, 3.63) is 76.4 Å². The molecule has 3 heterocycles. The Labute approximate surface area is 201 Å². The first-order valence-corrected chi connectivity index (χ1v) is 11.8. The van der Waals surface area contributed by atoms with Gasteiger partial charge in [0.2, 0.25) is 0 Å². The Morgan fingerprint density at radius 2 is 1.88 bits per heavy atom. The summed E-state index contributed by atoms with van der Waals surface area (Å²) in [6, 6.07) is 16.6. The van der Waals surface area contributed by atoms with E-state index >= 15 is 0 Å². The van der Waals surface area contributed by atoms with E-state index in [9.17, 15) is 0 Å². The summed E-state index contributed by atoms with van der Waals surface area (Å²) in [6.07, 6.45) is 3.96. The Balaban J connectivity index is 1.16. The highest BCUT2D eigenvalue weighted by molar-refractivity contribution is 5.83. The number of oxime groups is 1. The molecule has 7 heteroatoms. The molecule has 0 spiro atoms. The standard InChI is InChI=1S/C27H32N4O3/c1-20(14-21-6-4-3-5-7-21)17-30-10-12-31(13-11-30)18-26-24-19-33-25-15-22(16-28-32-2)8-9-23(25)27(24)29-34-26/h3-9,14-16,26,29H,10-13,17-19H2,1-2H3. The van der Waals surface area contributed by atoms with Crippen LogP contribution in [0.25, 0.3) is 11.8 Å². The van der Waals surface area contributed by atoms with Gasteiger partial charge in [-0.25, -0.2) is 0 Å². The molecule has 0 bridgehead atoms. The molecule has 1 atom stereocenters. The first kappa shape index (κ1) is 22.7. The van der Waals surface area contributed by atoms with Gasteiger partial charge in [-0.3, -0.25) is 20.1 Å². The third kappa shape index (κ3) is 5.17. The second-order valence-corrected chi connectivity index (χ2v) is 9.05. The lowest BCUT2D eigenvalue weighted by atomic mass is 9.99. The van der Waals surface area contributed by atoms with Crippen molar-refractivity contribution in [3.63, 3.8) is 0 Å². The molecule has 1 unspecified atom stereocenters. The van der Waals surface area contributed by atoms with Gasteiger partial charge in [0, 0.05) is 50.4 Å². The number of piperazine rings is 1. The van der Waals surface area contributed by atoms with Gasteiger partial charge in [0.1, 0.15) is 25.6 Å². The van der Waals surface area contributed by atoms with Gasteiger partial charge in [0.05, 0.1) is 11.9 Å². The summed E-state index contributed by atoms with van der Waals surface area (Å²) < 4.78 is 6.07. The molecule has 1 N–H and O–H groups in total. The number of benzene rings is 2. The number of hydrogen-bond donors (Lipinski definition) is 1. The summed E-state index contributed by atoms with van der Waals surface area (Å²) in [5.41, 5.74) is 10.0. The van der Waals surface area contributed by atoms with E-state index < -0.39 is 0 Å². The minimum Gasteiger partial charge on any atom is -0.488 e. The second-order valence-electron chi connectivity index (χ2n) is 9.05. The first-order valence-electron chi connectivity index (χ1n) is 11.8. The number of rotatable bonds is 7. The topological polar surface area (TPSA) is 58.6 Å². The van der Waals surface area contributed by atoms with E-state index in [1.54, 1.807) is 6.21 Å². The smallest absolute Gasteiger partial charge is 0.129 e. The maximum absolute atomic E-state index is 6.07. The Bertz CT molecular complexity index is 1090. The number of nitrogens with one attached hydrogen (secondary N) is 1. The van der Waals surface area contributed by atoms with Gasteiger partial charge in [0.15, 0.2) is 0 Å². The molecule has 3 aliphatic heterocycles. The van der Waals surface area contributed by atoms with Crippen LogP contribution in [-0.2, 0) is 9.68 Å². The summed E-state index contributed by atoms with van der Waals surface area (Å²) in [6.45, 7) is 8.86. The molecule has 178 valence electrons. The van der Waals surface area contributed by atoms with E-state index in [0.717, 1.165) is 61.8 Å². The normalized spacial score (nSPS) is 21.2. The third-order valence-corrected chi connectivity index (χ3v) is 6.55. The molecule has 3 aliphatic rings. The molecular formula is C27H32N4O3. The first-order chi connectivity index (χ1) is 16.7. The van der Waals surface area contributed by atoms with Gasteiger partial charge in [-0.1, -0.05) is 53.2 Å². The maximum atomic E-state index is 6.07. The minimum atomic E-state index is 0.00384. The van der Waals surface area contributed by atoms with Gasteiger partial charge < -0.3 is 9.57 Å². The van der Waals surface area contributed by atoms with E-state index in [1.807, 2.05) is 18.2 Å². The van der Waals surface area contributed by atoms with Gasteiger partial charge in [-0.2, -0.15) is 0 Å². The monoisotopic (exact) mass is 460 g/mol. The van der Waals surface area contributed by atoms with Crippen LogP contribution in [0.1, 0.15) is 23.6 Å². The summed E-state index contributed by atoms with van der Waals surface area (Å²) in [5.74, 6) is 0.836. The van der Waals surface area contributed by atoms with Crippen LogP contribution in [0.2, 0.25) is 0 Å². The summed E-state index contributed by atoms with van der Waals surface area (Å²) in [7, 11) is 1.53. The molecular weight excluding hydrogens is 428 g/mol. The van der Waals surface area contributed by atoms with E-state index in [1.165, 1.54) is 23.8 Å². The predicted octanol–water partition coefficient (Wildman–Crippen LogP) is 3.39. The number of ether oxygens (including phenoxy) is 1. The highest BCUT2D eigenvalue weighted by atomic mass is 16.7. The number of fused-ring (bicyclic) bond motifs is 2. The molecule has 0 aliphatic carbocycles. The van der Waals surface area contributed by atoms with E-state index in [-0.39, 0.29) is 6.10 Å². The van der Waals surface area contributed by atoms with Crippen LogP contribution in [0.5, 0.6) is 5.75 Å². The fraction of sp³-hybridized carbons (Fsp3) is 0.370. The lowest BCUT2D eigenvalue weighted by Crippen LogP contribution is -2.49. The highest BCUT2D eigenvalue weighted by Gasteiger charge is 2.34. The van der Waals surface area contributed by atoms with Crippen LogP contribution < -0.4 is 10.2 Å². The summed E-state index contributed by atoms with van der Waals surface area (Å²) >= 11 is 0. The van der Waals surface area contributed by atoms with Crippen molar-refractivity contribution < 1.29 is 14.4 Å². The van der Waals surface area contributed by atoms with Crippen molar-refractivity contribution in [2.75, 3.05) is 53.0 Å². The van der Waals surface area contributed by atoms with Crippen LogP contribution >= 0.6 is 0 Å². The summed E-state index contributed by atoms with van der Waals surface area (Å²) in [4.78, 5) is 15.8. The van der Waals surface area contributed by atoms with Crippen molar-refractivity contribution in [1.82, 2.24) is 15.3 Å². The lowest BCUT2D eigenvalue weighted by molar-refractivity contribution is 0.0118. The Morgan fingerprint density at radius 3 is 2.68 bits per heavy atom. The molecule has 34 heavy (non-hydrogen) atoms. The number of hydrogen-bond acceptors (Lipinski definition) is 7. The Hall–Kier alpha value is -3.13. The van der Waals surface area contributed by atoms with E-state index in [4.69, 9.17) is 14.4 Å². The van der Waals surface area contributed by atoms with Crippen LogP contribution in [0.3, 0.4) is 0 Å². The van der Waals surface area contributed by atoms with Crippen LogP contribution in [-0.4, -0.2) is 75.1 Å². The van der Waals surface area contributed by atoms with Crippen molar-refractivity contribution in [3.8, 4) is 5.75 Å². The van der Waals surface area contributed by atoms with Crippen molar-refractivity contribution in [2.45, 2.75) is 13.0 Å². The zero-order valence-corrected chi connectivity index (χ0v) is 19.9. The molecule has 0 amide bonds. The lowest BCUT2D eigenvalue weighted by Gasteiger charge is -2.36. The van der Waals surface area contributed by atoms with Gasteiger partial charge in [-0.15, -0.1) is 0 Å². The molecule has 0 aromatic heterocycles. The van der Waals surface area contributed by atoms with Crippen molar-refractivity contribution in [2.24, 2.45) is 5.16 Å². The maximum Gasteiger partial charge on any atom is 0.129 e. The molecule has 1 fully saturated rings. The number of nitrogens with zero attached hydrogens (tertiary/aromatic N) is 3. The van der Waals surface area contributed by atoms with Gasteiger partial charge in [-0.05, 0) is 30.2 Å². The van der Waals surface area contributed by atoms with Crippen LogP contribution in [0.4, 0.5) is 0 Å². The van der Waals surface area contributed by atoms with Crippen molar-refractivity contribution in [1.29, 1.82) is 0 Å². The van der Waals surface area contributed by atoms with Crippen LogP contribution in [0, 0.1) is 0 Å². The molecule has 1 saturated heterocycles. The Morgan fingerprint density at radius 1 is 1.09 bits per heavy atom. The predicted molar refractivity (Wildman–Crippen MR) is 134 cm³/mol. The van der Waals surface area contributed by atoms with Gasteiger partial charge in [0.25, 0.3) is 0 Å². The highest BCUT2D eigenvalue weighted by Crippen LogP contribution is 2.37. The van der Waals surface area contributed by atoms with E-state index in [0.29, 0.717) is 6.61 Å². The number of hydroxylamine groups is 1.